The Hall–Kier alpha value is -4.35. The van der Waals surface area contributed by atoms with Crippen molar-refractivity contribution in [2.75, 3.05) is 6.54 Å². The fourth-order valence-corrected chi connectivity index (χ4v) is 4.91. The van der Waals surface area contributed by atoms with Crippen molar-refractivity contribution < 1.29 is 34.1 Å². The fraction of sp³-hybridized carbons (Fsp3) is 0.457. The number of ether oxygens (including phenoxy) is 1. The van der Waals surface area contributed by atoms with Crippen LogP contribution in [-0.4, -0.2) is 75.8 Å². The van der Waals surface area contributed by atoms with Crippen LogP contribution >= 0.6 is 0 Å². The summed E-state index contributed by atoms with van der Waals surface area (Å²) in [5.41, 5.74) is 0.938. The van der Waals surface area contributed by atoms with E-state index >= 15 is 0 Å². The zero-order valence-corrected chi connectivity index (χ0v) is 27.3. The van der Waals surface area contributed by atoms with Gasteiger partial charge in [0.05, 0.1) is 35.8 Å². The molecule has 0 unspecified atom stereocenters. The van der Waals surface area contributed by atoms with Crippen LogP contribution in [0.15, 0.2) is 66.7 Å². The average Bonchev–Trinajstić information content (AvgIpc) is 2.99. The summed E-state index contributed by atoms with van der Waals surface area (Å²) in [6.45, 7) is 10.2. The molecular formula is C35H46N4O7. The number of benzene rings is 2. The first-order chi connectivity index (χ1) is 21.6. The summed E-state index contributed by atoms with van der Waals surface area (Å²) in [7, 11) is 0. The molecule has 3 aromatic rings. The highest BCUT2D eigenvalue weighted by atomic mass is 16.5. The standard InChI is InChI=1S/C35H46N4O7/c1-21(2)46-34(45)25(35(4,5)6)19-30(42)36-20-29(41)28(18-23-12-8-7-9-13-23)38-33(44)31(22(3)40)39-32(43)27-17-16-24-14-10-11-15-26(24)37-27/h7-17,21-22,25,28-29,31,40-41H,18-20H2,1-6H3,(H,36,42)(H,38,44)(H,39,43)/t22-,25+,28+,29-,31+/m1/s1. The van der Waals surface area contributed by atoms with Crippen molar-refractivity contribution in [3.05, 3.63) is 78.0 Å². The van der Waals surface area contributed by atoms with Gasteiger partial charge in [-0.3, -0.25) is 19.2 Å². The number of amides is 3. The third-order valence-electron chi connectivity index (χ3n) is 7.55. The van der Waals surface area contributed by atoms with Crippen molar-refractivity contribution in [2.45, 2.75) is 84.8 Å². The number of hydrogen-bond acceptors (Lipinski definition) is 8. The number of nitrogens with zero attached hydrogens (tertiary/aromatic N) is 1. The van der Waals surface area contributed by atoms with Crippen LogP contribution in [0.2, 0.25) is 0 Å². The molecule has 3 rings (SSSR count). The SMILES string of the molecule is CC(C)OC(=O)[C@H](CC(=O)NC[C@@H](O)[C@H](Cc1ccccc1)NC(=O)[C@@H](NC(=O)c1ccc2ccccc2n1)[C@@H](C)O)C(C)(C)C. The summed E-state index contributed by atoms with van der Waals surface area (Å²) < 4.78 is 5.36. The molecule has 0 aliphatic carbocycles. The van der Waals surface area contributed by atoms with Crippen molar-refractivity contribution in [1.82, 2.24) is 20.9 Å². The quantitative estimate of drug-likeness (QED) is 0.169. The van der Waals surface area contributed by atoms with Crippen molar-refractivity contribution in [1.29, 1.82) is 0 Å². The number of esters is 1. The first-order valence-corrected chi connectivity index (χ1v) is 15.5. The van der Waals surface area contributed by atoms with E-state index in [1.165, 1.54) is 13.0 Å². The molecule has 0 aliphatic rings. The minimum atomic E-state index is -1.36. The maximum absolute atomic E-state index is 13.5. The molecule has 3 amide bonds. The number of aliphatic hydroxyl groups is 2. The Morgan fingerprint density at radius 3 is 2.15 bits per heavy atom. The molecule has 0 spiro atoms. The summed E-state index contributed by atoms with van der Waals surface area (Å²) in [5, 5.41) is 30.5. The number of fused-ring (bicyclic) bond motifs is 1. The molecule has 0 bridgehead atoms. The zero-order valence-electron chi connectivity index (χ0n) is 27.3. The van der Waals surface area contributed by atoms with Crippen LogP contribution in [0, 0.1) is 11.3 Å². The van der Waals surface area contributed by atoms with Crippen LogP contribution in [0.4, 0.5) is 0 Å². The second-order valence-corrected chi connectivity index (χ2v) is 12.9. The van der Waals surface area contributed by atoms with E-state index in [2.05, 4.69) is 20.9 Å². The first kappa shape index (κ1) is 36.1. The first-order valence-electron chi connectivity index (χ1n) is 15.5. The van der Waals surface area contributed by atoms with Gasteiger partial charge in [-0.1, -0.05) is 75.4 Å². The lowest BCUT2D eigenvalue weighted by Crippen LogP contribution is -2.58. The van der Waals surface area contributed by atoms with E-state index in [0.717, 1.165) is 10.9 Å². The molecule has 0 saturated heterocycles. The van der Waals surface area contributed by atoms with Gasteiger partial charge in [-0.25, -0.2) is 4.98 Å². The molecule has 0 fully saturated rings. The molecule has 1 aromatic heterocycles. The maximum atomic E-state index is 13.5. The van der Waals surface area contributed by atoms with Gasteiger partial charge < -0.3 is 30.9 Å². The van der Waals surface area contributed by atoms with Gasteiger partial charge in [0.15, 0.2) is 0 Å². The number of carbonyl (C=O) groups excluding carboxylic acids is 4. The van der Waals surface area contributed by atoms with Crippen LogP contribution in [0.3, 0.4) is 0 Å². The Kier molecular flexibility index (Phi) is 12.8. The molecule has 1 heterocycles. The van der Waals surface area contributed by atoms with E-state index in [4.69, 9.17) is 4.74 Å². The highest BCUT2D eigenvalue weighted by Gasteiger charge is 2.36. The topological polar surface area (TPSA) is 167 Å². The van der Waals surface area contributed by atoms with Gasteiger partial charge in [-0.05, 0) is 50.3 Å². The van der Waals surface area contributed by atoms with E-state index in [9.17, 15) is 29.4 Å². The molecule has 46 heavy (non-hydrogen) atoms. The monoisotopic (exact) mass is 634 g/mol. The van der Waals surface area contributed by atoms with Gasteiger partial charge in [0.1, 0.15) is 11.7 Å². The third-order valence-corrected chi connectivity index (χ3v) is 7.55. The van der Waals surface area contributed by atoms with Crippen LogP contribution in [0.5, 0.6) is 0 Å². The molecule has 5 atom stereocenters. The molecule has 5 N–H and O–H groups in total. The largest absolute Gasteiger partial charge is 0.463 e. The fourth-order valence-electron chi connectivity index (χ4n) is 4.91. The van der Waals surface area contributed by atoms with Crippen LogP contribution in [0.1, 0.15) is 64.0 Å². The number of pyridine rings is 1. The molecule has 0 saturated carbocycles. The second kappa shape index (κ2) is 16.3. The minimum absolute atomic E-state index is 0.0755. The number of carbonyl (C=O) groups is 4. The van der Waals surface area contributed by atoms with E-state index in [1.807, 2.05) is 63.2 Å². The number of nitrogens with one attached hydrogen (secondary N) is 3. The molecular weight excluding hydrogens is 588 g/mol. The zero-order chi connectivity index (χ0) is 34.0. The van der Waals surface area contributed by atoms with Crippen molar-refractivity contribution >= 4 is 34.6 Å². The molecule has 11 nitrogen and oxygen atoms in total. The molecule has 248 valence electrons. The van der Waals surface area contributed by atoms with Crippen molar-refractivity contribution in [2.24, 2.45) is 11.3 Å². The van der Waals surface area contributed by atoms with Crippen molar-refractivity contribution in [3.63, 3.8) is 0 Å². The summed E-state index contributed by atoms with van der Waals surface area (Å²) in [4.78, 5) is 56.5. The van der Waals surface area contributed by atoms with E-state index in [0.29, 0.717) is 5.52 Å². The summed E-state index contributed by atoms with van der Waals surface area (Å²) >= 11 is 0. The lowest BCUT2D eigenvalue weighted by molar-refractivity contribution is -0.158. The maximum Gasteiger partial charge on any atom is 0.310 e. The minimum Gasteiger partial charge on any atom is -0.463 e. The Morgan fingerprint density at radius 2 is 1.52 bits per heavy atom. The lowest BCUT2D eigenvalue weighted by Gasteiger charge is -2.30. The number of para-hydroxylation sites is 1. The summed E-state index contributed by atoms with van der Waals surface area (Å²) in [6, 6.07) is 17.4. The molecule has 0 aliphatic heterocycles. The van der Waals surface area contributed by atoms with Gasteiger partial charge in [0.25, 0.3) is 5.91 Å². The highest BCUT2D eigenvalue weighted by molar-refractivity contribution is 5.98. The Morgan fingerprint density at radius 1 is 0.870 bits per heavy atom. The van der Waals surface area contributed by atoms with Gasteiger partial charge in [-0.2, -0.15) is 0 Å². The number of rotatable bonds is 14. The summed E-state index contributed by atoms with van der Waals surface area (Å²) in [6.07, 6.45) is -2.81. The normalized spacial score (nSPS) is 14.9. The van der Waals surface area contributed by atoms with E-state index in [1.54, 1.807) is 32.0 Å². The van der Waals surface area contributed by atoms with Gasteiger partial charge in [0.2, 0.25) is 11.8 Å². The predicted octanol–water partition coefficient (Wildman–Crippen LogP) is 2.92. The molecule has 2 aromatic carbocycles. The predicted molar refractivity (Wildman–Crippen MR) is 175 cm³/mol. The van der Waals surface area contributed by atoms with Gasteiger partial charge >= 0.3 is 5.97 Å². The molecule has 0 radical (unpaired) electrons. The third kappa shape index (κ3) is 10.6. The number of hydrogen-bond donors (Lipinski definition) is 5. The average molecular weight is 635 g/mol. The Bertz CT molecular complexity index is 1490. The van der Waals surface area contributed by atoms with Crippen LogP contribution in [0.25, 0.3) is 10.9 Å². The van der Waals surface area contributed by atoms with E-state index in [-0.39, 0.29) is 31.2 Å². The number of aromatic nitrogens is 1. The highest BCUT2D eigenvalue weighted by Crippen LogP contribution is 2.30. The van der Waals surface area contributed by atoms with Gasteiger partial charge in [0, 0.05) is 18.4 Å². The smallest absolute Gasteiger partial charge is 0.310 e. The lowest BCUT2D eigenvalue weighted by atomic mass is 9.78. The van der Waals surface area contributed by atoms with Crippen molar-refractivity contribution in [3.8, 4) is 0 Å². The van der Waals surface area contributed by atoms with E-state index < -0.39 is 59.3 Å². The van der Waals surface area contributed by atoms with Crippen LogP contribution < -0.4 is 16.0 Å². The van der Waals surface area contributed by atoms with Crippen LogP contribution in [-0.2, 0) is 25.5 Å². The summed E-state index contributed by atoms with van der Waals surface area (Å²) in [5.74, 6) is -3.01. The molecule has 11 heteroatoms. The Labute approximate surface area is 270 Å². The Balaban J connectivity index is 1.72. The number of aliphatic hydroxyl groups excluding tert-OH is 2. The second-order valence-electron chi connectivity index (χ2n) is 12.9. The van der Waals surface area contributed by atoms with Gasteiger partial charge in [-0.15, -0.1) is 0 Å².